The molecule has 0 saturated heterocycles. The summed E-state index contributed by atoms with van der Waals surface area (Å²) >= 11 is 0. The number of nitrogens with one attached hydrogen (secondary N) is 2. The molecule has 0 aromatic heterocycles. The van der Waals surface area contributed by atoms with E-state index in [0.717, 1.165) is 13.1 Å². The Labute approximate surface area is 183 Å². The van der Waals surface area contributed by atoms with Gasteiger partial charge in [0.25, 0.3) is 5.91 Å². The molecule has 0 aliphatic carbocycles. The minimum absolute atomic E-state index is 0.0515. The van der Waals surface area contributed by atoms with E-state index in [2.05, 4.69) is 19.2 Å². The molecular weight excluding hydrogens is 396 g/mol. The lowest BCUT2D eigenvalue weighted by Gasteiger charge is -2.16. The molecular formula is C24H31N2O5+. The van der Waals surface area contributed by atoms with Crippen molar-refractivity contribution in [3.8, 4) is 11.5 Å². The van der Waals surface area contributed by atoms with E-state index in [0.29, 0.717) is 29.2 Å². The summed E-state index contributed by atoms with van der Waals surface area (Å²) in [7, 11) is 3.08. The molecule has 2 aromatic rings. The van der Waals surface area contributed by atoms with E-state index in [4.69, 9.17) is 14.2 Å². The summed E-state index contributed by atoms with van der Waals surface area (Å²) in [5, 5.41) is 2.68. The van der Waals surface area contributed by atoms with E-state index in [1.165, 1.54) is 12.0 Å². The molecule has 0 aliphatic rings. The standard InChI is InChI=1S/C24H30N2O5/c1-5-26(6-2)14-15-31-24(28)20(25-23(27)19-10-8-7-9-11-19)16-18-12-13-21(29-3)22(17-18)30-4/h7-13,16-17H,5-6,14-15H2,1-4H3,(H,25,27)/p+1/b20-16+. The average molecular weight is 428 g/mol. The molecule has 1 amide bonds. The molecule has 0 spiro atoms. The third-order valence-corrected chi connectivity index (χ3v) is 4.91. The first-order chi connectivity index (χ1) is 15.0. The maximum absolute atomic E-state index is 12.8. The van der Waals surface area contributed by atoms with Gasteiger partial charge in [0.1, 0.15) is 18.8 Å². The van der Waals surface area contributed by atoms with E-state index in [1.807, 2.05) is 6.07 Å². The number of hydrogen-bond donors (Lipinski definition) is 2. The lowest BCUT2D eigenvalue weighted by atomic mass is 10.1. The summed E-state index contributed by atoms with van der Waals surface area (Å²) in [5.41, 5.74) is 1.16. The molecule has 166 valence electrons. The minimum atomic E-state index is -0.592. The molecule has 2 N–H and O–H groups in total. The molecule has 2 aromatic carbocycles. The van der Waals surface area contributed by atoms with Crippen molar-refractivity contribution in [1.82, 2.24) is 5.32 Å². The highest BCUT2D eigenvalue weighted by molar-refractivity contribution is 6.03. The summed E-state index contributed by atoms with van der Waals surface area (Å²) in [5.74, 6) is 0.104. The topological polar surface area (TPSA) is 78.3 Å². The summed E-state index contributed by atoms with van der Waals surface area (Å²) in [6.45, 7) is 7.04. The van der Waals surface area contributed by atoms with E-state index in [1.54, 1.807) is 55.7 Å². The predicted octanol–water partition coefficient (Wildman–Crippen LogP) is 1.94. The maximum atomic E-state index is 12.8. The minimum Gasteiger partial charge on any atom is -0.493 e. The normalized spacial score (nSPS) is 11.2. The van der Waals surface area contributed by atoms with Crippen molar-refractivity contribution in [1.29, 1.82) is 0 Å². The molecule has 0 saturated carbocycles. The van der Waals surface area contributed by atoms with Crippen molar-refractivity contribution in [2.24, 2.45) is 0 Å². The number of methoxy groups -OCH3 is 2. The van der Waals surface area contributed by atoms with Crippen LogP contribution < -0.4 is 19.7 Å². The Morgan fingerprint density at radius 3 is 2.26 bits per heavy atom. The van der Waals surface area contributed by atoms with Gasteiger partial charge in [-0.25, -0.2) is 4.79 Å². The van der Waals surface area contributed by atoms with Crippen molar-refractivity contribution in [3.63, 3.8) is 0 Å². The molecule has 0 unspecified atom stereocenters. The van der Waals surface area contributed by atoms with Crippen molar-refractivity contribution >= 4 is 18.0 Å². The van der Waals surface area contributed by atoms with E-state index in [-0.39, 0.29) is 12.3 Å². The van der Waals surface area contributed by atoms with Crippen LogP contribution >= 0.6 is 0 Å². The SMILES string of the molecule is CC[NH+](CC)CCOC(=O)/C(=C\c1ccc(OC)c(OC)c1)NC(=O)c1ccccc1. The van der Waals surface area contributed by atoms with Gasteiger partial charge < -0.3 is 24.4 Å². The lowest BCUT2D eigenvalue weighted by Crippen LogP contribution is -3.11. The van der Waals surface area contributed by atoms with E-state index >= 15 is 0 Å². The quantitative estimate of drug-likeness (QED) is 0.423. The highest BCUT2D eigenvalue weighted by Crippen LogP contribution is 2.28. The fourth-order valence-corrected chi connectivity index (χ4v) is 3.01. The molecule has 0 aliphatic heterocycles. The molecule has 0 fully saturated rings. The van der Waals surface area contributed by atoms with Gasteiger partial charge in [0.05, 0.1) is 27.3 Å². The Bertz CT molecular complexity index is 892. The van der Waals surface area contributed by atoms with Gasteiger partial charge in [0.15, 0.2) is 11.5 Å². The molecule has 31 heavy (non-hydrogen) atoms. The Morgan fingerprint density at radius 1 is 0.968 bits per heavy atom. The largest absolute Gasteiger partial charge is 0.493 e. The van der Waals surface area contributed by atoms with Gasteiger partial charge >= 0.3 is 5.97 Å². The fraction of sp³-hybridized carbons (Fsp3) is 0.333. The number of carbonyl (C=O) groups is 2. The second-order valence-electron chi connectivity index (χ2n) is 6.84. The Balaban J connectivity index is 2.25. The highest BCUT2D eigenvalue weighted by atomic mass is 16.5. The monoisotopic (exact) mass is 427 g/mol. The summed E-state index contributed by atoms with van der Waals surface area (Å²) in [6, 6.07) is 13.9. The number of hydrogen-bond acceptors (Lipinski definition) is 5. The second-order valence-corrected chi connectivity index (χ2v) is 6.84. The third kappa shape index (κ3) is 7.15. The zero-order valence-corrected chi connectivity index (χ0v) is 18.6. The van der Waals surface area contributed by atoms with Gasteiger partial charge in [-0.3, -0.25) is 4.79 Å². The van der Waals surface area contributed by atoms with E-state index < -0.39 is 11.9 Å². The smallest absolute Gasteiger partial charge is 0.355 e. The van der Waals surface area contributed by atoms with Gasteiger partial charge in [-0.15, -0.1) is 0 Å². The number of rotatable bonds is 11. The van der Waals surface area contributed by atoms with Crippen LogP contribution in [0.25, 0.3) is 6.08 Å². The molecule has 7 nitrogen and oxygen atoms in total. The van der Waals surface area contributed by atoms with Crippen LogP contribution in [0.1, 0.15) is 29.8 Å². The number of carbonyl (C=O) groups excluding carboxylic acids is 2. The first-order valence-corrected chi connectivity index (χ1v) is 10.3. The van der Waals surface area contributed by atoms with Gasteiger partial charge in [-0.1, -0.05) is 24.3 Å². The predicted molar refractivity (Wildman–Crippen MR) is 119 cm³/mol. The fourth-order valence-electron chi connectivity index (χ4n) is 3.01. The van der Waals surface area contributed by atoms with Crippen LogP contribution in [-0.2, 0) is 9.53 Å². The molecule has 0 radical (unpaired) electrons. The van der Waals surface area contributed by atoms with Gasteiger partial charge in [-0.2, -0.15) is 0 Å². The molecule has 0 bridgehead atoms. The molecule has 2 rings (SSSR count). The van der Waals surface area contributed by atoms with Crippen LogP contribution in [0.4, 0.5) is 0 Å². The average Bonchev–Trinajstić information content (AvgIpc) is 2.81. The number of amides is 1. The lowest BCUT2D eigenvalue weighted by molar-refractivity contribution is -0.896. The summed E-state index contributed by atoms with van der Waals surface area (Å²) in [4.78, 5) is 26.7. The Morgan fingerprint density at radius 2 is 1.65 bits per heavy atom. The molecule has 0 heterocycles. The summed E-state index contributed by atoms with van der Waals surface area (Å²) < 4.78 is 16.0. The van der Waals surface area contributed by atoms with Crippen molar-refractivity contribution in [3.05, 3.63) is 65.4 Å². The number of esters is 1. The zero-order valence-electron chi connectivity index (χ0n) is 18.6. The molecule has 0 atom stereocenters. The van der Waals surface area contributed by atoms with Crippen molar-refractivity contribution in [2.75, 3.05) is 40.5 Å². The number of benzene rings is 2. The first kappa shape index (κ1) is 24.0. The molecule has 7 heteroatoms. The summed E-state index contributed by atoms with van der Waals surface area (Å²) in [6.07, 6.45) is 1.56. The number of likely N-dealkylation sites (N-methyl/N-ethyl adjacent to an activating group) is 1. The van der Waals surface area contributed by atoms with E-state index in [9.17, 15) is 9.59 Å². The number of quaternary nitrogens is 1. The van der Waals surface area contributed by atoms with Crippen LogP contribution in [0.2, 0.25) is 0 Å². The van der Waals surface area contributed by atoms with Crippen molar-refractivity contribution < 1.29 is 28.7 Å². The van der Waals surface area contributed by atoms with Gasteiger partial charge in [-0.05, 0) is 49.8 Å². The maximum Gasteiger partial charge on any atom is 0.355 e. The van der Waals surface area contributed by atoms with Crippen LogP contribution in [0.15, 0.2) is 54.2 Å². The third-order valence-electron chi connectivity index (χ3n) is 4.91. The second kappa shape index (κ2) is 12.4. The van der Waals surface area contributed by atoms with Crippen LogP contribution in [-0.4, -0.2) is 52.3 Å². The zero-order chi connectivity index (χ0) is 22.6. The van der Waals surface area contributed by atoms with Crippen LogP contribution in [0, 0.1) is 0 Å². The van der Waals surface area contributed by atoms with Gasteiger partial charge in [0, 0.05) is 5.56 Å². The Kier molecular flexibility index (Phi) is 9.58. The highest BCUT2D eigenvalue weighted by Gasteiger charge is 2.17. The van der Waals surface area contributed by atoms with Gasteiger partial charge in [0.2, 0.25) is 0 Å². The van der Waals surface area contributed by atoms with Crippen molar-refractivity contribution in [2.45, 2.75) is 13.8 Å². The van der Waals surface area contributed by atoms with Crippen LogP contribution in [0.3, 0.4) is 0 Å². The van der Waals surface area contributed by atoms with Crippen LogP contribution in [0.5, 0.6) is 11.5 Å². The first-order valence-electron chi connectivity index (χ1n) is 10.3. The number of ether oxygens (including phenoxy) is 3. The Hall–Kier alpha value is -3.32.